The fourth-order valence-corrected chi connectivity index (χ4v) is 3.36. The minimum atomic E-state index is -0.383. The zero-order chi connectivity index (χ0) is 19.7. The van der Waals surface area contributed by atoms with E-state index in [4.69, 9.17) is 16.3 Å². The fourth-order valence-electron chi connectivity index (χ4n) is 3.23. The average molecular weight is 396 g/mol. The third-order valence-electron chi connectivity index (χ3n) is 4.73. The molecule has 0 saturated heterocycles. The van der Waals surface area contributed by atoms with E-state index in [1.807, 2.05) is 47.1 Å². The predicted octanol–water partition coefficient (Wildman–Crippen LogP) is 3.93. The van der Waals surface area contributed by atoms with Crippen molar-refractivity contribution in [2.75, 3.05) is 12.0 Å². The van der Waals surface area contributed by atoms with Gasteiger partial charge in [0.15, 0.2) is 0 Å². The van der Waals surface area contributed by atoms with Gasteiger partial charge in [0.05, 0.1) is 31.5 Å². The van der Waals surface area contributed by atoms with Crippen LogP contribution in [0.25, 0.3) is 11.3 Å². The molecule has 3 aromatic rings. The number of amides is 1. The Morgan fingerprint density at radius 2 is 1.86 bits per heavy atom. The van der Waals surface area contributed by atoms with Gasteiger partial charge in [0.25, 0.3) is 0 Å². The minimum absolute atomic E-state index is 0.0482. The van der Waals surface area contributed by atoms with E-state index in [1.54, 1.807) is 17.0 Å². The number of anilines is 1. The van der Waals surface area contributed by atoms with Gasteiger partial charge in [-0.15, -0.1) is 0 Å². The van der Waals surface area contributed by atoms with Crippen molar-refractivity contribution in [1.82, 2.24) is 9.78 Å². The molecular formula is C21H18ClN3O3. The maximum atomic E-state index is 12.6. The number of benzene rings is 2. The van der Waals surface area contributed by atoms with Gasteiger partial charge in [0.1, 0.15) is 5.82 Å². The number of hydrogen-bond acceptors (Lipinski definition) is 4. The summed E-state index contributed by atoms with van der Waals surface area (Å²) in [5, 5.41) is 5.31. The van der Waals surface area contributed by atoms with Gasteiger partial charge in [-0.1, -0.05) is 35.9 Å². The normalized spacial score (nSPS) is 13.4. The van der Waals surface area contributed by atoms with Gasteiger partial charge in [0, 0.05) is 23.1 Å². The van der Waals surface area contributed by atoms with Crippen LogP contribution in [-0.4, -0.2) is 28.8 Å². The summed E-state index contributed by atoms with van der Waals surface area (Å²) in [6.45, 7) is 0.964. The number of ether oxygens (including phenoxy) is 1. The largest absolute Gasteiger partial charge is 0.465 e. The number of carbonyl (C=O) groups is 2. The topological polar surface area (TPSA) is 64.4 Å². The van der Waals surface area contributed by atoms with Crippen molar-refractivity contribution in [2.24, 2.45) is 0 Å². The molecule has 1 amide bonds. The van der Waals surface area contributed by atoms with Crippen LogP contribution in [0, 0.1) is 0 Å². The third-order valence-corrected chi connectivity index (χ3v) is 4.98. The van der Waals surface area contributed by atoms with E-state index >= 15 is 0 Å². The number of carbonyl (C=O) groups excluding carboxylic acids is 2. The lowest BCUT2D eigenvalue weighted by Crippen LogP contribution is -2.36. The van der Waals surface area contributed by atoms with Crippen molar-refractivity contribution in [3.63, 3.8) is 0 Å². The lowest BCUT2D eigenvalue weighted by atomic mass is 10.1. The van der Waals surface area contributed by atoms with Gasteiger partial charge in [-0.25, -0.2) is 9.48 Å². The van der Waals surface area contributed by atoms with Gasteiger partial charge in [-0.3, -0.25) is 9.69 Å². The Morgan fingerprint density at radius 3 is 2.54 bits per heavy atom. The molecule has 7 heteroatoms. The summed E-state index contributed by atoms with van der Waals surface area (Å²) >= 11 is 5.97. The lowest BCUT2D eigenvalue weighted by molar-refractivity contribution is -0.119. The number of aryl methyl sites for hydroxylation is 1. The molecule has 0 unspecified atom stereocenters. The van der Waals surface area contributed by atoms with Gasteiger partial charge in [-0.2, -0.15) is 5.10 Å². The van der Waals surface area contributed by atoms with Gasteiger partial charge in [-0.05, 0) is 29.8 Å². The molecule has 0 N–H and O–H groups in total. The number of halogens is 1. The lowest BCUT2D eigenvalue weighted by Gasteiger charge is -2.27. The Hall–Kier alpha value is -3.12. The first-order valence-electron chi connectivity index (χ1n) is 8.86. The van der Waals surface area contributed by atoms with Crippen LogP contribution in [0.4, 0.5) is 5.82 Å². The van der Waals surface area contributed by atoms with Crippen LogP contribution in [0.15, 0.2) is 54.6 Å². The molecule has 28 heavy (non-hydrogen) atoms. The van der Waals surface area contributed by atoms with Gasteiger partial charge >= 0.3 is 5.97 Å². The Bertz CT molecular complexity index is 1030. The van der Waals surface area contributed by atoms with E-state index in [-0.39, 0.29) is 11.9 Å². The van der Waals surface area contributed by atoms with Gasteiger partial charge in [0.2, 0.25) is 5.91 Å². The van der Waals surface area contributed by atoms with E-state index in [9.17, 15) is 9.59 Å². The SMILES string of the molecule is COC(=O)c1ccc(CN2C(=O)CCn3nc(-c4ccc(Cl)cc4)cc32)cc1. The molecule has 1 aliphatic heterocycles. The first-order valence-corrected chi connectivity index (χ1v) is 9.24. The molecule has 0 saturated carbocycles. The molecule has 4 rings (SSSR count). The molecule has 0 fully saturated rings. The van der Waals surface area contributed by atoms with Crippen LogP contribution >= 0.6 is 11.6 Å². The summed E-state index contributed by atoms with van der Waals surface area (Å²) in [5.74, 6) is 0.427. The van der Waals surface area contributed by atoms with Crippen LogP contribution < -0.4 is 4.90 Å². The second kappa shape index (κ2) is 7.48. The molecule has 0 bridgehead atoms. The molecule has 0 aliphatic carbocycles. The Labute approximate surface area is 167 Å². The summed E-state index contributed by atoms with van der Waals surface area (Å²) in [7, 11) is 1.35. The average Bonchev–Trinajstić information content (AvgIpc) is 3.15. The summed E-state index contributed by atoms with van der Waals surface area (Å²) < 4.78 is 6.57. The first-order chi connectivity index (χ1) is 13.5. The number of methoxy groups -OCH3 is 1. The Kier molecular flexibility index (Phi) is 4.88. The van der Waals surface area contributed by atoms with Gasteiger partial charge < -0.3 is 4.74 Å². The van der Waals surface area contributed by atoms with Crippen molar-refractivity contribution >= 4 is 29.3 Å². The summed E-state index contributed by atoms with van der Waals surface area (Å²) in [6.07, 6.45) is 0.398. The minimum Gasteiger partial charge on any atom is -0.465 e. The van der Waals surface area contributed by atoms with E-state index in [2.05, 4.69) is 5.10 Å². The molecule has 2 heterocycles. The number of nitrogens with zero attached hydrogens (tertiary/aromatic N) is 3. The number of aromatic nitrogens is 2. The molecular weight excluding hydrogens is 378 g/mol. The Balaban J connectivity index is 1.61. The zero-order valence-electron chi connectivity index (χ0n) is 15.3. The maximum Gasteiger partial charge on any atom is 0.337 e. The quantitative estimate of drug-likeness (QED) is 0.628. The van der Waals surface area contributed by atoms with E-state index < -0.39 is 0 Å². The van der Waals surface area contributed by atoms with Crippen LogP contribution in [0.3, 0.4) is 0 Å². The first kappa shape index (κ1) is 18.3. The Morgan fingerprint density at radius 1 is 1.14 bits per heavy atom. The molecule has 1 aromatic heterocycles. The number of esters is 1. The summed E-state index contributed by atoms with van der Waals surface area (Å²) in [5.41, 5.74) is 3.14. The highest BCUT2D eigenvalue weighted by atomic mass is 35.5. The molecule has 142 valence electrons. The summed E-state index contributed by atoms with van der Waals surface area (Å²) in [6, 6.07) is 16.4. The van der Waals surface area contributed by atoms with Crippen molar-refractivity contribution in [3.05, 3.63) is 70.7 Å². The van der Waals surface area contributed by atoms with E-state index in [0.29, 0.717) is 30.1 Å². The molecule has 0 spiro atoms. The smallest absolute Gasteiger partial charge is 0.337 e. The van der Waals surface area contributed by atoms with Crippen LogP contribution in [0.2, 0.25) is 5.02 Å². The number of hydrogen-bond donors (Lipinski definition) is 0. The maximum absolute atomic E-state index is 12.6. The van der Waals surface area contributed by atoms with Crippen LogP contribution in [-0.2, 0) is 22.6 Å². The number of rotatable bonds is 4. The zero-order valence-corrected chi connectivity index (χ0v) is 16.0. The number of fused-ring (bicyclic) bond motifs is 1. The molecule has 1 aliphatic rings. The van der Waals surface area contributed by atoms with Crippen molar-refractivity contribution < 1.29 is 14.3 Å². The predicted molar refractivity (Wildman–Crippen MR) is 106 cm³/mol. The van der Waals surface area contributed by atoms with E-state index in [0.717, 1.165) is 22.6 Å². The highest BCUT2D eigenvalue weighted by molar-refractivity contribution is 6.30. The van der Waals surface area contributed by atoms with Crippen LogP contribution in [0.5, 0.6) is 0 Å². The molecule has 0 radical (unpaired) electrons. The fraction of sp³-hybridized carbons (Fsp3) is 0.190. The third kappa shape index (κ3) is 3.51. The highest BCUT2D eigenvalue weighted by Gasteiger charge is 2.26. The second-order valence-electron chi connectivity index (χ2n) is 6.54. The van der Waals surface area contributed by atoms with Crippen LogP contribution in [0.1, 0.15) is 22.3 Å². The molecule has 6 nitrogen and oxygen atoms in total. The molecule has 2 aromatic carbocycles. The summed E-state index contributed by atoms with van der Waals surface area (Å²) in [4.78, 5) is 25.9. The van der Waals surface area contributed by atoms with E-state index in [1.165, 1.54) is 7.11 Å². The monoisotopic (exact) mass is 395 g/mol. The standard InChI is InChI=1S/C21H18ClN3O3/c1-28-21(27)16-4-2-14(3-5-16)13-24-19-12-18(15-6-8-17(22)9-7-15)23-25(19)11-10-20(24)26/h2-9,12H,10-11,13H2,1H3. The molecule has 0 atom stereocenters. The van der Waals surface area contributed by atoms with Crippen molar-refractivity contribution in [2.45, 2.75) is 19.5 Å². The second-order valence-corrected chi connectivity index (χ2v) is 6.97. The van der Waals surface area contributed by atoms with Crippen molar-refractivity contribution in [3.8, 4) is 11.3 Å². The van der Waals surface area contributed by atoms with Crippen molar-refractivity contribution in [1.29, 1.82) is 0 Å². The highest BCUT2D eigenvalue weighted by Crippen LogP contribution is 2.29.